The zero-order valence-corrected chi connectivity index (χ0v) is 25.8. The molecular weight excluding hydrogens is 573 g/mol. The number of sulfonamides is 1. The van der Waals surface area contributed by atoms with Gasteiger partial charge in [0.15, 0.2) is 0 Å². The highest BCUT2D eigenvalue weighted by atomic mass is 32.2. The number of thiocarbonyl (C=S) groups is 1. The van der Waals surface area contributed by atoms with Crippen molar-refractivity contribution in [3.8, 4) is 16.9 Å². The molecule has 1 amide bonds. The number of hydrogen-bond donors (Lipinski definition) is 0. The molecule has 0 unspecified atom stereocenters. The van der Waals surface area contributed by atoms with Gasteiger partial charge in [0.1, 0.15) is 10.0 Å². The molecule has 10 heteroatoms. The summed E-state index contributed by atoms with van der Waals surface area (Å²) in [6.45, 7) is 3.91. The molecule has 0 spiro atoms. The Bertz CT molecular complexity index is 1530. The highest BCUT2D eigenvalue weighted by Gasteiger charge is 2.32. The molecule has 2 aliphatic heterocycles. The van der Waals surface area contributed by atoms with Gasteiger partial charge < -0.3 is 0 Å². The van der Waals surface area contributed by atoms with Crippen LogP contribution in [-0.4, -0.2) is 57.3 Å². The summed E-state index contributed by atoms with van der Waals surface area (Å²) >= 11 is 6.90. The van der Waals surface area contributed by atoms with Crippen molar-refractivity contribution in [2.24, 2.45) is 0 Å². The second-order valence-corrected chi connectivity index (χ2v) is 14.1. The van der Waals surface area contributed by atoms with E-state index in [1.165, 1.54) is 37.4 Å². The molecule has 0 radical (unpaired) electrons. The molecule has 5 rings (SSSR count). The summed E-state index contributed by atoms with van der Waals surface area (Å²) in [4.78, 5) is 15.9. The van der Waals surface area contributed by atoms with Gasteiger partial charge in [-0.3, -0.25) is 9.69 Å². The van der Waals surface area contributed by atoms with Gasteiger partial charge in [0, 0.05) is 37.0 Å². The Morgan fingerprint density at radius 2 is 1.71 bits per heavy atom. The van der Waals surface area contributed by atoms with Crippen molar-refractivity contribution in [3.63, 3.8) is 0 Å². The first-order chi connectivity index (χ1) is 19.9. The lowest BCUT2D eigenvalue weighted by Crippen LogP contribution is -2.29. The first-order valence-corrected chi connectivity index (χ1v) is 17.1. The third kappa shape index (κ3) is 6.83. The van der Waals surface area contributed by atoms with Crippen molar-refractivity contribution >= 4 is 50.3 Å². The van der Waals surface area contributed by atoms with Gasteiger partial charge in [0.25, 0.3) is 5.91 Å². The average Bonchev–Trinajstić information content (AvgIpc) is 3.73. The van der Waals surface area contributed by atoms with Gasteiger partial charge in [-0.25, -0.2) is 13.1 Å². The van der Waals surface area contributed by atoms with Crippen LogP contribution >= 0.6 is 24.0 Å². The van der Waals surface area contributed by atoms with E-state index in [2.05, 4.69) is 6.92 Å². The van der Waals surface area contributed by atoms with E-state index < -0.39 is 10.0 Å². The summed E-state index contributed by atoms with van der Waals surface area (Å²) in [5.74, 6) is -0.0858. The Balaban J connectivity index is 1.45. The minimum Gasteiger partial charge on any atom is -0.293 e. The van der Waals surface area contributed by atoms with Gasteiger partial charge >= 0.3 is 0 Å². The van der Waals surface area contributed by atoms with E-state index in [4.69, 9.17) is 17.3 Å². The third-order valence-corrected chi connectivity index (χ3v) is 10.7. The standard InChI is InChI=1S/C31H36N4O3S3/c1-2-3-4-5-6-10-20-34-30(36)28(40-31(34)39)22-25-23-35(26-15-8-7-9-16-26)32-29(25)24-14-13-17-27(21-24)41(37,38)33-18-11-12-19-33/h7-9,13-17,21-23H,2-6,10-12,18-20H2,1H3/b28-22-. The maximum absolute atomic E-state index is 13.4. The van der Waals surface area contributed by atoms with Crippen LogP contribution in [0.25, 0.3) is 23.0 Å². The average molecular weight is 609 g/mol. The number of nitrogens with zero attached hydrogens (tertiary/aromatic N) is 4. The van der Waals surface area contributed by atoms with Gasteiger partial charge in [0.05, 0.1) is 15.5 Å². The Hall–Kier alpha value is -2.79. The molecular formula is C31H36N4O3S3. The van der Waals surface area contributed by atoms with Crippen LogP contribution < -0.4 is 0 Å². The molecule has 0 N–H and O–H groups in total. The van der Waals surface area contributed by atoms with Crippen LogP contribution in [0.15, 0.2) is 70.6 Å². The molecule has 1 aromatic heterocycles. The number of thioether (sulfide) groups is 1. The van der Waals surface area contributed by atoms with E-state index in [-0.39, 0.29) is 10.8 Å². The maximum atomic E-state index is 13.4. The fourth-order valence-corrected chi connectivity index (χ4v) is 8.06. The summed E-state index contributed by atoms with van der Waals surface area (Å²) in [7, 11) is -3.59. The molecule has 41 heavy (non-hydrogen) atoms. The van der Waals surface area contributed by atoms with E-state index in [1.807, 2.05) is 48.7 Å². The van der Waals surface area contributed by atoms with Gasteiger partial charge in [0.2, 0.25) is 10.0 Å². The maximum Gasteiger partial charge on any atom is 0.266 e. The van der Waals surface area contributed by atoms with Crippen LogP contribution in [0.4, 0.5) is 0 Å². The van der Waals surface area contributed by atoms with Gasteiger partial charge in [-0.1, -0.05) is 93.3 Å². The Labute approximate surface area is 252 Å². The van der Waals surface area contributed by atoms with Crippen molar-refractivity contribution in [3.05, 3.63) is 71.3 Å². The number of amides is 1. The van der Waals surface area contributed by atoms with Crippen molar-refractivity contribution < 1.29 is 13.2 Å². The lowest BCUT2D eigenvalue weighted by molar-refractivity contribution is -0.122. The highest BCUT2D eigenvalue weighted by Crippen LogP contribution is 2.36. The summed E-state index contributed by atoms with van der Waals surface area (Å²) in [5, 5.41) is 4.86. The number of para-hydroxylation sites is 1. The summed E-state index contributed by atoms with van der Waals surface area (Å²) < 4.78 is 30.5. The van der Waals surface area contributed by atoms with E-state index in [9.17, 15) is 13.2 Å². The first-order valence-electron chi connectivity index (χ1n) is 14.4. The second kappa shape index (κ2) is 13.5. The van der Waals surface area contributed by atoms with Gasteiger partial charge in [-0.05, 0) is 49.6 Å². The first kappa shape index (κ1) is 29.7. The van der Waals surface area contributed by atoms with Crippen molar-refractivity contribution in [1.29, 1.82) is 0 Å². The molecule has 2 fully saturated rings. The summed E-state index contributed by atoms with van der Waals surface area (Å²) in [5.41, 5.74) is 2.87. The quantitative estimate of drug-likeness (QED) is 0.127. The largest absolute Gasteiger partial charge is 0.293 e. The number of rotatable bonds is 12. The number of benzene rings is 2. The Morgan fingerprint density at radius 1 is 0.976 bits per heavy atom. The molecule has 0 aliphatic carbocycles. The highest BCUT2D eigenvalue weighted by molar-refractivity contribution is 8.26. The molecule has 3 heterocycles. The normalized spacial score (nSPS) is 17.3. The molecule has 2 saturated heterocycles. The zero-order valence-electron chi connectivity index (χ0n) is 23.4. The van der Waals surface area contributed by atoms with Crippen LogP contribution in [-0.2, 0) is 14.8 Å². The summed E-state index contributed by atoms with van der Waals surface area (Å²) in [6, 6.07) is 16.7. The number of aromatic nitrogens is 2. The Kier molecular flexibility index (Phi) is 9.75. The topological polar surface area (TPSA) is 75.5 Å². The van der Waals surface area contributed by atoms with Crippen LogP contribution in [0.3, 0.4) is 0 Å². The predicted octanol–water partition coefficient (Wildman–Crippen LogP) is 6.89. The predicted molar refractivity (Wildman–Crippen MR) is 170 cm³/mol. The number of unbranched alkanes of at least 4 members (excludes halogenated alkanes) is 5. The number of carbonyl (C=O) groups excluding carboxylic acids is 1. The fourth-order valence-electron chi connectivity index (χ4n) is 5.20. The lowest BCUT2D eigenvalue weighted by atomic mass is 10.1. The van der Waals surface area contributed by atoms with Gasteiger partial charge in [-0.15, -0.1) is 0 Å². The van der Waals surface area contributed by atoms with E-state index >= 15 is 0 Å². The Morgan fingerprint density at radius 3 is 2.46 bits per heavy atom. The molecule has 0 bridgehead atoms. The minimum absolute atomic E-state index is 0.0858. The number of carbonyl (C=O) groups is 1. The zero-order chi connectivity index (χ0) is 28.8. The smallest absolute Gasteiger partial charge is 0.266 e. The van der Waals surface area contributed by atoms with E-state index in [1.54, 1.807) is 32.1 Å². The monoisotopic (exact) mass is 608 g/mol. The molecule has 0 atom stereocenters. The molecule has 0 saturated carbocycles. The third-order valence-electron chi connectivity index (χ3n) is 7.47. The second-order valence-electron chi connectivity index (χ2n) is 10.5. The molecule has 2 aliphatic rings. The van der Waals surface area contributed by atoms with Crippen LogP contribution in [0.2, 0.25) is 0 Å². The van der Waals surface area contributed by atoms with Gasteiger partial charge in [-0.2, -0.15) is 9.40 Å². The molecule has 3 aromatic rings. The SMILES string of the molecule is CCCCCCCCN1C(=O)/C(=C/c2cn(-c3ccccc3)nc2-c2cccc(S(=O)(=O)N3CCCC3)c2)SC1=S. The van der Waals surface area contributed by atoms with Crippen molar-refractivity contribution in [2.75, 3.05) is 19.6 Å². The van der Waals surface area contributed by atoms with Crippen molar-refractivity contribution in [2.45, 2.75) is 63.2 Å². The molecule has 2 aromatic carbocycles. The van der Waals surface area contributed by atoms with E-state index in [0.717, 1.165) is 36.9 Å². The lowest BCUT2D eigenvalue weighted by Gasteiger charge is -2.16. The van der Waals surface area contributed by atoms with Crippen LogP contribution in [0.5, 0.6) is 0 Å². The van der Waals surface area contributed by atoms with Crippen LogP contribution in [0.1, 0.15) is 63.9 Å². The minimum atomic E-state index is -3.59. The van der Waals surface area contributed by atoms with Crippen LogP contribution in [0, 0.1) is 0 Å². The van der Waals surface area contributed by atoms with E-state index in [0.29, 0.717) is 40.1 Å². The fraction of sp³-hybridized carbons (Fsp3) is 0.387. The van der Waals surface area contributed by atoms with Crippen molar-refractivity contribution in [1.82, 2.24) is 19.0 Å². The number of hydrogen-bond acceptors (Lipinski definition) is 6. The summed E-state index contributed by atoms with van der Waals surface area (Å²) in [6.07, 6.45) is 12.3. The molecule has 216 valence electrons. The molecule has 7 nitrogen and oxygen atoms in total.